The fourth-order valence-electron chi connectivity index (χ4n) is 4.08. The van der Waals surface area contributed by atoms with Crippen LogP contribution in [0.4, 0.5) is 0 Å². The SMILES string of the molecule is CCOc1cccc(/C(O)=C2\C(=O)C(=O)N(CCOC)C2c2ccc(OCCC(C)C)c(OC)c2)c1. The zero-order chi connectivity index (χ0) is 26.2. The summed E-state index contributed by atoms with van der Waals surface area (Å²) in [6, 6.07) is 11.3. The lowest BCUT2D eigenvalue weighted by molar-refractivity contribution is -0.140. The van der Waals surface area contributed by atoms with Crippen molar-refractivity contribution in [3.8, 4) is 17.2 Å². The quantitative estimate of drug-likeness (QED) is 0.260. The van der Waals surface area contributed by atoms with Gasteiger partial charge < -0.3 is 29.0 Å². The molecule has 1 aliphatic heterocycles. The molecule has 1 aliphatic rings. The first kappa shape index (κ1) is 27.1. The fourth-order valence-corrected chi connectivity index (χ4v) is 4.08. The summed E-state index contributed by atoms with van der Waals surface area (Å²) in [6.07, 6.45) is 0.892. The third-order valence-corrected chi connectivity index (χ3v) is 5.95. The van der Waals surface area contributed by atoms with E-state index in [9.17, 15) is 14.7 Å². The average Bonchev–Trinajstić information content (AvgIpc) is 3.12. The van der Waals surface area contributed by atoms with Gasteiger partial charge in [-0.05, 0) is 49.1 Å². The summed E-state index contributed by atoms with van der Waals surface area (Å²) in [5, 5.41) is 11.3. The Hall–Kier alpha value is -3.52. The van der Waals surface area contributed by atoms with Gasteiger partial charge >= 0.3 is 0 Å². The number of hydrogen-bond acceptors (Lipinski definition) is 7. The maximum Gasteiger partial charge on any atom is 0.295 e. The minimum atomic E-state index is -0.825. The molecule has 0 bridgehead atoms. The number of carbonyl (C=O) groups excluding carboxylic acids is 2. The van der Waals surface area contributed by atoms with Crippen molar-refractivity contribution in [3.05, 3.63) is 59.2 Å². The average molecular weight is 498 g/mol. The van der Waals surface area contributed by atoms with E-state index in [1.165, 1.54) is 19.1 Å². The van der Waals surface area contributed by atoms with Crippen LogP contribution in [0.1, 0.15) is 44.4 Å². The van der Waals surface area contributed by atoms with Crippen molar-refractivity contribution in [2.45, 2.75) is 33.2 Å². The molecule has 1 atom stereocenters. The Morgan fingerprint density at radius 2 is 1.81 bits per heavy atom. The number of likely N-dealkylation sites (tertiary alicyclic amines) is 1. The Labute approximate surface area is 212 Å². The molecular weight excluding hydrogens is 462 g/mol. The van der Waals surface area contributed by atoms with Crippen molar-refractivity contribution in [2.75, 3.05) is 40.6 Å². The van der Waals surface area contributed by atoms with Crippen LogP contribution in [0.5, 0.6) is 17.2 Å². The second-order valence-corrected chi connectivity index (χ2v) is 8.89. The predicted molar refractivity (Wildman–Crippen MR) is 136 cm³/mol. The summed E-state index contributed by atoms with van der Waals surface area (Å²) < 4.78 is 22.2. The Balaban J connectivity index is 2.08. The van der Waals surface area contributed by atoms with Crippen LogP contribution in [-0.4, -0.2) is 62.3 Å². The number of rotatable bonds is 12. The molecule has 2 aromatic carbocycles. The van der Waals surface area contributed by atoms with Gasteiger partial charge in [0.05, 0.1) is 38.5 Å². The third kappa shape index (κ3) is 5.99. The number of Topliss-reactive ketones (excluding diaryl/α,β-unsaturated/α-hetero) is 1. The summed E-state index contributed by atoms with van der Waals surface area (Å²) in [5.74, 6) is 0.374. The monoisotopic (exact) mass is 497 g/mol. The van der Waals surface area contributed by atoms with Gasteiger partial charge in [0.1, 0.15) is 11.5 Å². The first-order chi connectivity index (χ1) is 17.3. The lowest BCUT2D eigenvalue weighted by atomic mass is 9.95. The lowest BCUT2D eigenvalue weighted by Crippen LogP contribution is -2.32. The number of methoxy groups -OCH3 is 2. The summed E-state index contributed by atoms with van der Waals surface area (Å²) >= 11 is 0. The molecule has 194 valence electrons. The molecule has 1 heterocycles. The number of hydrogen-bond donors (Lipinski definition) is 1. The van der Waals surface area contributed by atoms with Gasteiger partial charge in [-0.2, -0.15) is 0 Å². The minimum Gasteiger partial charge on any atom is -0.507 e. The summed E-state index contributed by atoms with van der Waals surface area (Å²) in [7, 11) is 3.06. The molecule has 1 amide bonds. The van der Waals surface area contributed by atoms with E-state index < -0.39 is 17.7 Å². The molecule has 1 fully saturated rings. The zero-order valence-electron chi connectivity index (χ0n) is 21.6. The van der Waals surface area contributed by atoms with Crippen LogP contribution >= 0.6 is 0 Å². The van der Waals surface area contributed by atoms with Gasteiger partial charge in [0.15, 0.2) is 11.5 Å². The van der Waals surface area contributed by atoms with Crippen molar-refractivity contribution in [2.24, 2.45) is 5.92 Å². The molecule has 0 saturated carbocycles. The lowest BCUT2D eigenvalue weighted by Gasteiger charge is -2.25. The molecule has 3 rings (SSSR count). The molecule has 1 unspecified atom stereocenters. The van der Waals surface area contributed by atoms with Crippen LogP contribution in [0.3, 0.4) is 0 Å². The van der Waals surface area contributed by atoms with E-state index in [2.05, 4.69) is 13.8 Å². The molecule has 1 saturated heterocycles. The van der Waals surface area contributed by atoms with E-state index in [0.717, 1.165) is 6.42 Å². The van der Waals surface area contributed by atoms with Gasteiger partial charge in [0.2, 0.25) is 0 Å². The maximum absolute atomic E-state index is 13.2. The maximum atomic E-state index is 13.2. The Morgan fingerprint density at radius 1 is 1.03 bits per heavy atom. The minimum absolute atomic E-state index is 0.000260. The van der Waals surface area contributed by atoms with E-state index >= 15 is 0 Å². The number of benzene rings is 2. The van der Waals surface area contributed by atoms with E-state index in [1.54, 1.807) is 42.5 Å². The Morgan fingerprint density at radius 3 is 2.47 bits per heavy atom. The molecule has 0 spiro atoms. The highest BCUT2D eigenvalue weighted by Gasteiger charge is 2.46. The highest BCUT2D eigenvalue weighted by Crippen LogP contribution is 2.42. The standard InChI is InChI=1S/C28H35NO7/c1-6-35-21-9-7-8-20(16-21)26(30)24-25(29(13-15-33-4)28(32)27(24)31)19-10-11-22(23(17-19)34-5)36-14-12-18(2)3/h7-11,16-18,25,30H,6,12-15H2,1-5H3/b26-24+. The summed E-state index contributed by atoms with van der Waals surface area (Å²) in [4.78, 5) is 27.6. The van der Waals surface area contributed by atoms with Crippen LogP contribution in [0.15, 0.2) is 48.0 Å². The van der Waals surface area contributed by atoms with Crippen LogP contribution in [0.2, 0.25) is 0 Å². The van der Waals surface area contributed by atoms with E-state index in [1.807, 2.05) is 6.92 Å². The fraction of sp³-hybridized carbons (Fsp3) is 0.429. The Kier molecular flexibility index (Phi) is 9.36. The number of carbonyl (C=O) groups is 2. The first-order valence-electron chi connectivity index (χ1n) is 12.1. The van der Waals surface area contributed by atoms with Crippen molar-refractivity contribution in [1.29, 1.82) is 0 Å². The number of amides is 1. The second-order valence-electron chi connectivity index (χ2n) is 8.89. The molecule has 0 aliphatic carbocycles. The molecule has 36 heavy (non-hydrogen) atoms. The van der Waals surface area contributed by atoms with Gasteiger partial charge in [-0.1, -0.05) is 32.0 Å². The molecule has 8 heteroatoms. The molecule has 8 nitrogen and oxygen atoms in total. The molecule has 0 aromatic heterocycles. The second kappa shape index (κ2) is 12.4. The summed E-state index contributed by atoms with van der Waals surface area (Å²) in [6.45, 7) is 7.51. The van der Waals surface area contributed by atoms with Crippen LogP contribution in [0, 0.1) is 5.92 Å². The molecule has 0 radical (unpaired) electrons. The number of ether oxygens (including phenoxy) is 4. The molecule has 2 aromatic rings. The van der Waals surface area contributed by atoms with Crippen molar-refractivity contribution in [3.63, 3.8) is 0 Å². The topological polar surface area (TPSA) is 94.5 Å². The van der Waals surface area contributed by atoms with Crippen molar-refractivity contribution < 1.29 is 33.6 Å². The van der Waals surface area contributed by atoms with Gasteiger partial charge in [-0.25, -0.2) is 0 Å². The van der Waals surface area contributed by atoms with Gasteiger partial charge in [0, 0.05) is 19.2 Å². The smallest absolute Gasteiger partial charge is 0.295 e. The van der Waals surface area contributed by atoms with Crippen LogP contribution < -0.4 is 14.2 Å². The normalized spacial score (nSPS) is 17.1. The predicted octanol–water partition coefficient (Wildman–Crippen LogP) is 4.59. The highest BCUT2D eigenvalue weighted by molar-refractivity contribution is 6.46. The van der Waals surface area contributed by atoms with Gasteiger partial charge in [-0.3, -0.25) is 9.59 Å². The van der Waals surface area contributed by atoms with E-state index in [-0.39, 0.29) is 24.5 Å². The summed E-state index contributed by atoms with van der Waals surface area (Å²) in [5.41, 5.74) is 0.998. The van der Waals surface area contributed by atoms with E-state index in [0.29, 0.717) is 47.5 Å². The highest BCUT2D eigenvalue weighted by atomic mass is 16.5. The van der Waals surface area contributed by atoms with Crippen molar-refractivity contribution in [1.82, 2.24) is 4.90 Å². The third-order valence-electron chi connectivity index (χ3n) is 5.95. The first-order valence-corrected chi connectivity index (χ1v) is 12.1. The largest absolute Gasteiger partial charge is 0.507 e. The zero-order valence-corrected chi connectivity index (χ0v) is 21.6. The number of aliphatic hydroxyl groups is 1. The van der Waals surface area contributed by atoms with Crippen LogP contribution in [-0.2, 0) is 14.3 Å². The number of ketones is 1. The number of nitrogens with zero attached hydrogens (tertiary/aromatic N) is 1. The molecule has 1 N–H and O–H groups in total. The van der Waals surface area contributed by atoms with Crippen LogP contribution in [0.25, 0.3) is 5.76 Å². The van der Waals surface area contributed by atoms with Gasteiger partial charge in [0.25, 0.3) is 11.7 Å². The Bertz CT molecular complexity index is 1110. The van der Waals surface area contributed by atoms with E-state index in [4.69, 9.17) is 18.9 Å². The number of aliphatic hydroxyl groups excluding tert-OH is 1. The van der Waals surface area contributed by atoms with Crippen molar-refractivity contribution >= 4 is 17.4 Å². The molecular formula is C28H35NO7. The van der Waals surface area contributed by atoms with Gasteiger partial charge in [-0.15, -0.1) is 0 Å².